The zero-order valence-electron chi connectivity index (χ0n) is 19.7. The maximum Gasteiger partial charge on any atom is 0.249 e. The number of hydrogen-bond donors (Lipinski definition) is 1. The number of amides is 1. The molecule has 0 radical (unpaired) electrons. The summed E-state index contributed by atoms with van der Waals surface area (Å²) in [7, 11) is 1.74. The average molecular weight is 436 g/mol. The number of carbonyl (C=O) groups excluding carboxylic acids is 1. The molecular formula is C27H37N3O2. The Bertz CT molecular complexity index is 899. The zero-order chi connectivity index (χ0) is 22.2. The topological polar surface area (TPSA) is 44.8 Å². The number of fused-ring (bicyclic) bond motifs is 6. The molecule has 4 bridgehead atoms. The molecule has 32 heavy (non-hydrogen) atoms. The van der Waals surface area contributed by atoms with E-state index in [4.69, 9.17) is 4.74 Å². The first-order chi connectivity index (χ1) is 15.6. The Kier molecular flexibility index (Phi) is 6.13. The number of carbonyl (C=O) groups is 1. The molecule has 4 saturated heterocycles. The van der Waals surface area contributed by atoms with Gasteiger partial charge < -0.3 is 15.0 Å². The number of methoxy groups -OCH3 is 1. The Morgan fingerprint density at radius 3 is 2.41 bits per heavy atom. The molecule has 4 aliphatic rings. The van der Waals surface area contributed by atoms with Crippen LogP contribution in [0.5, 0.6) is 5.75 Å². The van der Waals surface area contributed by atoms with Crippen LogP contribution in [-0.2, 0) is 4.79 Å². The third-order valence-electron chi connectivity index (χ3n) is 8.14. The quantitative estimate of drug-likeness (QED) is 0.537. The van der Waals surface area contributed by atoms with Gasteiger partial charge >= 0.3 is 0 Å². The summed E-state index contributed by atoms with van der Waals surface area (Å²) >= 11 is 0. The highest BCUT2D eigenvalue weighted by atomic mass is 16.5. The van der Waals surface area contributed by atoms with Crippen molar-refractivity contribution in [3.63, 3.8) is 0 Å². The van der Waals surface area contributed by atoms with Crippen LogP contribution in [-0.4, -0.2) is 60.1 Å². The molecule has 4 fully saturated rings. The molecule has 5 nitrogen and oxygen atoms in total. The zero-order valence-corrected chi connectivity index (χ0v) is 19.7. The first-order valence-electron chi connectivity index (χ1n) is 12.4. The molecule has 5 heteroatoms. The van der Waals surface area contributed by atoms with E-state index in [1.54, 1.807) is 7.11 Å². The molecule has 0 saturated carbocycles. The molecular weight excluding hydrogens is 398 g/mol. The number of rotatable bonds is 6. The minimum Gasteiger partial charge on any atom is -0.497 e. The van der Waals surface area contributed by atoms with E-state index in [9.17, 15) is 4.79 Å². The van der Waals surface area contributed by atoms with Crippen LogP contribution in [0.1, 0.15) is 64.0 Å². The number of hydrogen-bond acceptors (Lipinski definition) is 4. The Hall–Kier alpha value is -2.11. The predicted molar refractivity (Wildman–Crippen MR) is 128 cm³/mol. The van der Waals surface area contributed by atoms with E-state index < -0.39 is 0 Å². The molecule has 5 atom stereocenters. The highest BCUT2D eigenvalue weighted by molar-refractivity contribution is 5.93. The van der Waals surface area contributed by atoms with Crippen LogP contribution < -0.4 is 10.1 Å². The molecule has 5 unspecified atom stereocenters. The summed E-state index contributed by atoms with van der Waals surface area (Å²) in [6.45, 7) is 5.98. The molecule has 5 rings (SSSR count). The van der Waals surface area contributed by atoms with E-state index in [2.05, 4.69) is 41.4 Å². The summed E-state index contributed by atoms with van der Waals surface area (Å²) in [6.07, 6.45) is 11.6. The number of nitrogens with one attached hydrogen (secondary N) is 1. The minimum absolute atomic E-state index is 0.185. The highest BCUT2D eigenvalue weighted by Crippen LogP contribution is 2.47. The lowest BCUT2D eigenvalue weighted by Crippen LogP contribution is -2.59. The summed E-state index contributed by atoms with van der Waals surface area (Å²) in [4.78, 5) is 17.6. The van der Waals surface area contributed by atoms with Gasteiger partial charge in [0, 0.05) is 42.8 Å². The lowest BCUT2D eigenvalue weighted by atomic mass is 9.93. The summed E-state index contributed by atoms with van der Waals surface area (Å²) in [6, 6.07) is 11.1. The fourth-order valence-electron chi connectivity index (χ4n) is 6.56. The fraction of sp³-hybridized carbons (Fsp3) is 0.593. The molecule has 4 aliphatic heterocycles. The van der Waals surface area contributed by atoms with Crippen LogP contribution in [0.4, 0.5) is 0 Å². The molecule has 1 amide bonds. The summed E-state index contributed by atoms with van der Waals surface area (Å²) < 4.78 is 5.57. The Morgan fingerprint density at radius 1 is 1.06 bits per heavy atom. The summed E-state index contributed by atoms with van der Waals surface area (Å²) in [5, 5.41) is 3.90. The van der Waals surface area contributed by atoms with Crippen molar-refractivity contribution >= 4 is 5.91 Å². The third kappa shape index (κ3) is 3.90. The maximum atomic E-state index is 12.8. The number of nitrogens with zero attached hydrogens (tertiary/aromatic N) is 2. The average Bonchev–Trinajstić information content (AvgIpc) is 3.54. The van der Waals surface area contributed by atoms with Crippen molar-refractivity contribution in [2.24, 2.45) is 0 Å². The van der Waals surface area contributed by atoms with Crippen molar-refractivity contribution in [2.45, 2.75) is 82.6 Å². The largest absolute Gasteiger partial charge is 0.497 e. The van der Waals surface area contributed by atoms with E-state index >= 15 is 0 Å². The van der Waals surface area contributed by atoms with Crippen LogP contribution in [0.15, 0.2) is 47.6 Å². The first kappa shape index (κ1) is 21.7. The van der Waals surface area contributed by atoms with Gasteiger partial charge in [-0.1, -0.05) is 29.9 Å². The molecule has 1 aromatic rings. The van der Waals surface area contributed by atoms with Gasteiger partial charge in [0.2, 0.25) is 5.91 Å². The normalized spacial score (nSPS) is 31.3. The van der Waals surface area contributed by atoms with Crippen LogP contribution >= 0.6 is 0 Å². The second-order valence-electron chi connectivity index (χ2n) is 10.1. The van der Waals surface area contributed by atoms with Crippen LogP contribution in [0.3, 0.4) is 0 Å². The van der Waals surface area contributed by atoms with Gasteiger partial charge in [-0.25, -0.2) is 0 Å². The number of allylic oxidation sites excluding steroid dienone is 2. The predicted octanol–water partition coefficient (Wildman–Crippen LogP) is 4.22. The molecule has 0 aromatic heterocycles. The first-order valence-corrected chi connectivity index (χ1v) is 12.4. The van der Waals surface area contributed by atoms with E-state index in [0.717, 1.165) is 37.3 Å². The Morgan fingerprint density at radius 2 is 1.75 bits per heavy atom. The van der Waals surface area contributed by atoms with Crippen molar-refractivity contribution in [1.29, 1.82) is 0 Å². The Labute approximate surface area is 192 Å². The SMILES string of the molecule is COc1cccc(C(/C(C)=C/C=C(\C)C(=O)N2CCCC2)N2C3CCC2C2CCC3N2)c1. The number of piperazine rings is 1. The molecule has 1 N–H and O–H groups in total. The monoisotopic (exact) mass is 435 g/mol. The van der Waals surface area contributed by atoms with Crippen molar-refractivity contribution in [1.82, 2.24) is 15.1 Å². The molecule has 172 valence electrons. The van der Waals surface area contributed by atoms with Gasteiger partial charge in [-0.3, -0.25) is 9.69 Å². The number of likely N-dealkylation sites (tertiary alicyclic amines) is 1. The maximum absolute atomic E-state index is 12.8. The second kappa shape index (κ2) is 9.03. The number of benzene rings is 1. The van der Waals surface area contributed by atoms with E-state index in [0.29, 0.717) is 24.2 Å². The van der Waals surface area contributed by atoms with E-state index in [1.807, 2.05) is 24.0 Å². The van der Waals surface area contributed by atoms with Crippen molar-refractivity contribution < 1.29 is 9.53 Å². The van der Waals surface area contributed by atoms with Gasteiger partial charge in [-0.2, -0.15) is 0 Å². The fourth-order valence-corrected chi connectivity index (χ4v) is 6.56. The van der Waals surface area contributed by atoms with Gasteiger partial charge in [0.25, 0.3) is 0 Å². The highest BCUT2D eigenvalue weighted by Gasteiger charge is 2.52. The van der Waals surface area contributed by atoms with Crippen molar-refractivity contribution in [3.8, 4) is 5.75 Å². The lowest BCUT2D eigenvalue weighted by Gasteiger charge is -2.45. The van der Waals surface area contributed by atoms with Crippen LogP contribution in [0, 0.1) is 0 Å². The standard InChI is InChI=1S/C27H37N3O2/c1-18(9-10-19(2)27(31)29-15-4-5-16-29)26(20-7-6-8-21(17-20)32-3)30-24-13-14-25(30)23-12-11-22(24)28-23/h6-10,17,22-26,28H,4-5,11-16H2,1-3H3/b18-9+,19-10+. The molecule has 1 aromatic carbocycles. The lowest BCUT2D eigenvalue weighted by molar-refractivity contribution is -0.126. The van der Waals surface area contributed by atoms with Gasteiger partial charge in [-0.05, 0) is 70.1 Å². The van der Waals surface area contributed by atoms with Gasteiger partial charge in [0.05, 0.1) is 13.2 Å². The summed E-state index contributed by atoms with van der Waals surface area (Å²) in [5.74, 6) is 1.09. The van der Waals surface area contributed by atoms with Crippen molar-refractivity contribution in [2.75, 3.05) is 20.2 Å². The second-order valence-corrected chi connectivity index (χ2v) is 10.1. The Balaban J connectivity index is 1.48. The number of ether oxygens (including phenoxy) is 1. The van der Waals surface area contributed by atoms with Crippen LogP contribution in [0.25, 0.3) is 0 Å². The molecule has 4 heterocycles. The third-order valence-corrected chi connectivity index (χ3v) is 8.14. The van der Waals surface area contributed by atoms with Gasteiger partial charge in [0.15, 0.2) is 0 Å². The smallest absolute Gasteiger partial charge is 0.249 e. The van der Waals surface area contributed by atoms with Gasteiger partial charge in [-0.15, -0.1) is 0 Å². The van der Waals surface area contributed by atoms with Crippen molar-refractivity contribution in [3.05, 3.63) is 53.1 Å². The van der Waals surface area contributed by atoms with Crippen LogP contribution in [0.2, 0.25) is 0 Å². The van der Waals surface area contributed by atoms with E-state index in [-0.39, 0.29) is 11.9 Å². The minimum atomic E-state index is 0.185. The van der Waals surface area contributed by atoms with E-state index in [1.165, 1.54) is 36.8 Å². The summed E-state index contributed by atoms with van der Waals surface area (Å²) in [5.41, 5.74) is 3.41. The van der Waals surface area contributed by atoms with Gasteiger partial charge in [0.1, 0.15) is 5.75 Å². The molecule has 0 aliphatic carbocycles. The molecule has 0 spiro atoms.